The number of carbonyl (C=O) groups is 1. The van der Waals surface area contributed by atoms with Crippen LogP contribution in [0.5, 0.6) is 5.75 Å². The molecule has 1 saturated heterocycles. The van der Waals surface area contributed by atoms with Crippen LogP contribution in [-0.4, -0.2) is 73.3 Å². The van der Waals surface area contributed by atoms with Gasteiger partial charge in [0.15, 0.2) is 5.75 Å². The standard InChI is InChI=1S/C26H28N8O2S/c1-36-22-15-27-16-29-24(22)18-5-6-20-21(13-18)31-26(30-20)32-23-14-19(7-8-28-23)37-34-11-9-33(10-12-34)25(35)17-3-2-4-17/h5-8,13-17H,2-4,9-12H2,1H3,(H2,28,30,31,32). The smallest absolute Gasteiger partial charge is 0.225 e. The lowest BCUT2D eigenvalue weighted by atomic mass is 9.84. The van der Waals surface area contributed by atoms with E-state index in [0.717, 1.165) is 66.2 Å². The molecule has 1 saturated carbocycles. The van der Waals surface area contributed by atoms with Crippen LogP contribution >= 0.6 is 11.9 Å². The molecule has 10 nitrogen and oxygen atoms in total. The van der Waals surface area contributed by atoms with Gasteiger partial charge in [0.1, 0.15) is 17.8 Å². The fourth-order valence-electron chi connectivity index (χ4n) is 4.62. The zero-order valence-corrected chi connectivity index (χ0v) is 21.4. The summed E-state index contributed by atoms with van der Waals surface area (Å²) in [6.45, 7) is 3.30. The molecule has 0 spiro atoms. The monoisotopic (exact) mass is 516 g/mol. The van der Waals surface area contributed by atoms with Gasteiger partial charge in [-0.15, -0.1) is 0 Å². The summed E-state index contributed by atoms with van der Waals surface area (Å²) in [6, 6.07) is 9.92. The van der Waals surface area contributed by atoms with Gasteiger partial charge in [0.25, 0.3) is 0 Å². The summed E-state index contributed by atoms with van der Waals surface area (Å²) in [5.74, 6) is 2.55. The first kappa shape index (κ1) is 23.7. The molecule has 4 heterocycles. The predicted octanol–water partition coefficient (Wildman–Crippen LogP) is 4.12. The quantitative estimate of drug-likeness (QED) is 0.350. The van der Waals surface area contributed by atoms with E-state index < -0.39 is 0 Å². The number of carbonyl (C=O) groups excluding carboxylic acids is 1. The van der Waals surface area contributed by atoms with E-state index in [1.807, 2.05) is 35.2 Å². The summed E-state index contributed by atoms with van der Waals surface area (Å²) in [6.07, 6.45) is 8.26. The number of rotatable bonds is 7. The first-order valence-electron chi connectivity index (χ1n) is 12.5. The Labute approximate surface area is 219 Å². The lowest BCUT2D eigenvalue weighted by Crippen LogP contribution is -2.49. The van der Waals surface area contributed by atoms with Crippen LogP contribution < -0.4 is 10.1 Å². The zero-order valence-electron chi connectivity index (χ0n) is 20.6. The van der Waals surface area contributed by atoms with Crippen molar-refractivity contribution in [3.63, 3.8) is 0 Å². The maximum Gasteiger partial charge on any atom is 0.225 e. The van der Waals surface area contributed by atoms with Gasteiger partial charge in [-0.25, -0.2) is 24.2 Å². The van der Waals surface area contributed by atoms with Crippen molar-refractivity contribution < 1.29 is 9.53 Å². The number of amides is 1. The second-order valence-corrected chi connectivity index (χ2v) is 10.4. The summed E-state index contributed by atoms with van der Waals surface area (Å²) in [4.78, 5) is 36.5. The molecule has 2 aliphatic rings. The van der Waals surface area contributed by atoms with Crippen LogP contribution in [0.3, 0.4) is 0 Å². The molecular formula is C26H28N8O2S. The molecule has 0 bridgehead atoms. The second kappa shape index (κ2) is 10.3. The lowest BCUT2D eigenvalue weighted by Gasteiger charge is -2.37. The minimum Gasteiger partial charge on any atom is -0.493 e. The highest BCUT2D eigenvalue weighted by molar-refractivity contribution is 7.97. The van der Waals surface area contributed by atoms with Crippen LogP contribution in [0.1, 0.15) is 19.3 Å². The van der Waals surface area contributed by atoms with E-state index in [2.05, 4.69) is 34.5 Å². The van der Waals surface area contributed by atoms with E-state index in [0.29, 0.717) is 23.4 Å². The predicted molar refractivity (Wildman–Crippen MR) is 143 cm³/mol. The molecule has 37 heavy (non-hydrogen) atoms. The number of nitrogens with zero attached hydrogens (tertiary/aromatic N) is 6. The van der Waals surface area contributed by atoms with Crippen LogP contribution in [0.15, 0.2) is 53.9 Å². The van der Waals surface area contributed by atoms with E-state index in [4.69, 9.17) is 4.74 Å². The molecule has 11 heteroatoms. The van der Waals surface area contributed by atoms with Gasteiger partial charge < -0.3 is 19.9 Å². The van der Waals surface area contributed by atoms with Gasteiger partial charge in [-0.05, 0) is 49.1 Å². The fourth-order valence-corrected chi connectivity index (χ4v) is 5.55. The van der Waals surface area contributed by atoms with Crippen LogP contribution in [-0.2, 0) is 4.79 Å². The highest BCUT2D eigenvalue weighted by atomic mass is 32.2. The van der Waals surface area contributed by atoms with Crippen LogP contribution in [0.2, 0.25) is 0 Å². The summed E-state index contributed by atoms with van der Waals surface area (Å²) in [5, 5.41) is 3.29. The number of aromatic amines is 1. The molecule has 0 atom stereocenters. The number of H-pyrrole nitrogens is 1. The number of ether oxygens (including phenoxy) is 1. The van der Waals surface area contributed by atoms with Gasteiger partial charge in [-0.2, -0.15) is 0 Å². The summed E-state index contributed by atoms with van der Waals surface area (Å²) in [5.41, 5.74) is 3.34. The van der Waals surface area contributed by atoms with Crippen LogP contribution in [0, 0.1) is 5.92 Å². The highest BCUT2D eigenvalue weighted by Crippen LogP contribution is 2.31. The number of benzene rings is 1. The van der Waals surface area contributed by atoms with E-state index in [9.17, 15) is 4.79 Å². The Morgan fingerprint density at radius 2 is 2.00 bits per heavy atom. The molecule has 2 N–H and O–H groups in total. The Bertz CT molecular complexity index is 1410. The van der Waals surface area contributed by atoms with E-state index in [1.54, 1.807) is 31.5 Å². The molecule has 1 amide bonds. The van der Waals surface area contributed by atoms with Gasteiger partial charge in [-0.3, -0.25) is 4.79 Å². The molecule has 3 aromatic heterocycles. The topological polar surface area (TPSA) is 112 Å². The van der Waals surface area contributed by atoms with Crippen molar-refractivity contribution in [1.82, 2.24) is 34.1 Å². The molecule has 1 aliphatic carbocycles. The number of anilines is 2. The van der Waals surface area contributed by atoms with Gasteiger partial charge in [0.05, 0.1) is 24.3 Å². The average molecular weight is 517 g/mol. The maximum atomic E-state index is 12.5. The third kappa shape index (κ3) is 5.09. The first-order valence-corrected chi connectivity index (χ1v) is 13.2. The molecule has 1 aromatic carbocycles. The van der Waals surface area contributed by atoms with Gasteiger partial charge in [0, 0.05) is 48.8 Å². The normalized spacial score (nSPS) is 16.5. The molecule has 6 rings (SSSR count). The van der Waals surface area contributed by atoms with E-state index in [1.165, 1.54) is 12.7 Å². The van der Waals surface area contributed by atoms with Gasteiger partial charge in [0.2, 0.25) is 11.9 Å². The largest absolute Gasteiger partial charge is 0.493 e. The van der Waals surface area contributed by atoms with Crippen molar-refractivity contribution in [2.75, 3.05) is 38.6 Å². The molecule has 0 radical (unpaired) electrons. The minimum atomic E-state index is 0.271. The van der Waals surface area contributed by atoms with Crippen LogP contribution in [0.4, 0.5) is 11.8 Å². The Morgan fingerprint density at radius 3 is 2.78 bits per heavy atom. The number of nitrogens with one attached hydrogen (secondary N) is 2. The molecule has 190 valence electrons. The minimum absolute atomic E-state index is 0.271. The molecular weight excluding hydrogens is 488 g/mol. The Morgan fingerprint density at radius 1 is 1.14 bits per heavy atom. The second-order valence-electron chi connectivity index (χ2n) is 9.23. The highest BCUT2D eigenvalue weighted by Gasteiger charge is 2.31. The van der Waals surface area contributed by atoms with E-state index in [-0.39, 0.29) is 5.92 Å². The molecule has 1 aliphatic heterocycles. The number of pyridine rings is 1. The third-order valence-corrected chi connectivity index (χ3v) is 7.96. The maximum absolute atomic E-state index is 12.5. The van der Waals surface area contributed by atoms with Crippen molar-refractivity contribution in [1.29, 1.82) is 0 Å². The number of hydrogen-bond donors (Lipinski definition) is 2. The van der Waals surface area contributed by atoms with Gasteiger partial charge >= 0.3 is 0 Å². The Kier molecular flexibility index (Phi) is 6.62. The number of piperazine rings is 1. The van der Waals surface area contributed by atoms with Crippen molar-refractivity contribution in [3.05, 3.63) is 49.1 Å². The Balaban J connectivity index is 1.11. The number of methoxy groups -OCH3 is 1. The van der Waals surface area contributed by atoms with Crippen molar-refractivity contribution >= 4 is 40.7 Å². The van der Waals surface area contributed by atoms with Crippen molar-refractivity contribution in [3.8, 4) is 17.0 Å². The van der Waals surface area contributed by atoms with E-state index >= 15 is 0 Å². The molecule has 2 fully saturated rings. The number of fused-ring (bicyclic) bond motifs is 1. The van der Waals surface area contributed by atoms with Gasteiger partial charge in [-0.1, -0.05) is 12.5 Å². The fraction of sp³-hybridized carbons (Fsp3) is 0.346. The van der Waals surface area contributed by atoms with Crippen molar-refractivity contribution in [2.45, 2.75) is 24.2 Å². The third-order valence-electron chi connectivity index (χ3n) is 6.87. The Hall–Kier alpha value is -3.70. The average Bonchev–Trinajstić information content (AvgIpc) is 3.29. The summed E-state index contributed by atoms with van der Waals surface area (Å²) in [7, 11) is 1.61. The molecule has 4 aromatic rings. The number of aromatic nitrogens is 5. The lowest BCUT2D eigenvalue weighted by molar-refractivity contribution is -0.139. The summed E-state index contributed by atoms with van der Waals surface area (Å²) < 4.78 is 7.71. The van der Waals surface area contributed by atoms with Crippen LogP contribution in [0.25, 0.3) is 22.3 Å². The molecule has 0 unspecified atom stereocenters. The zero-order chi connectivity index (χ0) is 25.2. The number of hydrogen-bond acceptors (Lipinski definition) is 9. The first-order chi connectivity index (χ1) is 18.2. The number of imidazole rings is 1. The summed E-state index contributed by atoms with van der Waals surface area (Å²) >= 11 is 1.70. The SMILES string of the molecule is COc1cncnc1-c1ccc2nc(Nc3cc(SN4CCN(C(=O)C5CCC5)CC4)ccn3)[nH]c2c1. The van der Waals surface area contributed by atoms with Crippen molar-refractivity contribution in [2.24, 2.45) is 5.92 Å².